The maximum atomic E-state index is 12.7. The lowest BCUT2D eigenvalue weighted by atomic mass is 10.1. The van der Waals surface area contributed by atoms with Crippen LogP contribution in [0.2, 0.25) is 0 Å². The van der Waals surface area contributed by atoms with Crippen molar-refractivity contribution in [3.8, 4) is 0 Å². The highest BCUT2D eigenvalue weighted by Gasteiger charge is 2.31. The number of thiophene rings is 1. The molecule has 0 N–H and O–H groups in total. The van der Waals surface area contributed by atoms with Gasteiger partial charge in [-0.2, -0.15) is 4.31 Å². The van der Waals surface area contributed by atoms with Crippen LogP contribution in [0.25, 0.3) is 0 Å². The predicted octanol–water partition coefficient (Wildman–Crippen LogP) is 2.52. The van der Waals surface area contributed by atoms with E-state index in [2.05, 4.69) is 22.9 Å². The molecule has 7 heteroatoms. The van der Waals surface area contributed by atoms with E-state index in [1.807, 2.05) is 25.3 Å². The third-order valence-electron chi connectivity index (χ3n) is 4.30. The minimum atomic E-state index is -3.34. The lowest BCUT2D eigenvalue weighted by Gasteiger charge is -2.37. The number of sulfonamides is 1. The van der Waals surface area contributed by atoms with Gasteiger partial charge in [-0.3, -0.25) is 9.88 Å². The molecule has 0 aliphatic carbocycles. The molecule has 0 radical (unpaired) electrons. The minimum absolute atomic E-state index is 0.248. The van der Waals surface area contributed by atoms with Gasteiger partial charge in [0.2, 0.25) is 0 Å². The van der Waals surface area contributed by atoms with Crippen LogP contribution >= 0.6 is 11.3 Å². The van der Waals surface area contributed by atoms with Crippen LogP contribution in [0.5, 0.6) is 0 Å². The molecule has 1 saturated heterocycles. The van der Waals surface area contributed by atoms with Gasteiger partial charge in [0.15, 0.2) is 0 Å². The summed E-state index contributed by atoms with van der Waals surface area (Å²) in [4.78, 5) is 7.49. The molecule has 124 valence electrons. The van der Waals surface area contributed by atoms with Crippen LogP contribution in [-0.4, -0.2) is 48.8 Å². The Morgan fingerprint density at radius 1 is 1.17 bits per heavy atom. The van der Waals surface area contributed by atoms with Crippen molar-refractivity contribution < 1.29 is 8.42 Å². The van der Waals surface area contributed by atoms with Crippen LogP contribution in [-0.2, 0) is 10.0 Å². The average Bonchev–Trinajstić information content (AvgIpc) is 3.02. The summed E-state index contributed by atoms with van der Waals surface area (Å²) in [5.74, 6) is 0. The van der Waals surface area contributed by atoms with E-state index in [0.29, 0.717) is 17.3 Å². The van der Waals surface area contributed by atoms with Crippen LogP contribution in [0.3, 0.4) is 0 Å². The van der Waals surface area contributed by atoms with E-state index in [-0.39, 0.29) is 6.04 Å². The van der Waals surface area contributed by atoms with E-state index in [1.54, 1.807) is 16.6 Å². The molecule has 2 aromatic rings. The number of hydrogen-bond donors (Lipinski definition) is 0. The monoisotopic (exact) mass is 351 g/mol. The minimum Gasteiger partial charge on any atom is -0.294 e. The number of aromatic nitrogens is 1. The van der Waals surface area contributed by atoms with Crippen LogP contribution in [0.4, 0.5) is 0 Å². The highest BCUT2D eigenvalue weighted by molar-refractivity contribution is 7.91. The first-order chi connectivity index (χ1) is 11.0. The molecule has 1 aliphatic heterocycles. The SMILES string of the molecule is Cc1ccc(S(=O)(=O)N2CCN(C(C)c3cccnc3)CC2)s1. The Morgan fingerprint density at radius 2 is 1.91 bits per heavy atom. The molecular formula is C16H21N3O2S2. The third kappa shape index (κ3) is 3.47. The van der Waals surface area contributed by atoms with Crippen LogP contribution in [0.1, 0.15) is 23.4 Å². The van der Waals surface area contributed by atoms with Crippen molar-refractivity contribution in [2.24, 2.45) is 0 Å². The van der Waals surface area contributed by atoms with Crippen molar-refractivity contribution >= 4 is 21.4 Å². The Kier molecular flexibility index (Phi) is 4.82. The fourth-order valence-electron chi connectivity index (χ4n) is 2.84. The van der Waals surface area contributed by atoms with E-state index in [4.69, 9.17) is 0 Å². The summed E-state index contributed by atoms with van der Waals surface area (Å²) in [6, 6.07) is 7.82. The second-order valence-electron chi connectivity index (χ2n) is 5.77. The fourth-order valence-corrected chi connectivity index (χ4v) is 5.70. The zero-order chi connectivity index (χ0) is 16.4. The molecule has 5 nitrogen and oxygen atoms in total. The van der Waals surface area contributed by atoms with Crippen LogP contribution in [0, 0.1) is 6.92 Å². The third-order valence-corrected chi connectivity index (χ3v) is 7.66. The Hall–Kier alpha value is -1.28. The summed E-state index contributed by atoms with van der Waals surface area (Å²) in [6.45, 7) is 6.61. The van der Waals surface area contributed by atoms with Crippen LogP contribution in [0.15, 0.2) is 40.9 Å². The molecule has 23 heavy (non-hydrogen) atoms. The number of rotatable bonds is 4. The predicted molar refractivity (Wildman–Crippen MR) is 92.0 cm³/mol. The molecule has 0 bridgehead atoms. The quantitative estimate of drug-likeness (QED) is 0.849. The Morgan fingerprint density at radius 3 is 2.48 bits per heavy atom. The van der Waals surface area contributed by atoms with Gasteiger partial charge in [0.1, 0.15) is 4.21 Å². The second-order valence-corrected chi connectivity index (χ2v) is 9.22. The van der Waals surface area contributed by atoms with Gasteiger partial charge < -0.3 is 0 Å². The topological polar surface area (TPSA) is 53.5 Å². The zero-order valence-electron chi connectivity index (χ0n) is 13.3. The summed E-state index contributed by atoms with van der Waals surface area (Å²) >= 11 is 1.34. The van der Waals surface area contributed by atoms with Crippen molar-refractivity contribution in [1.82, 2.24) is 14.2 Å². The van der Waals surface area contributed by atoms with E-state index < -0.39 is 10.0 Å². The first-order valence-corrected chi connectivity index (χ1v) is 9.95. The van der Waals surface area contributed by atoms with Gasteiger partial charge in [0, 0.05) is 49.5 Å². The molecule has 0 aromatic carbocycles. The maximum Gasteiger partial charge on any atom is 0.252 e. The number of hydrogen-bond acceptors (Lipinski definition) is 5. The van der Waals surface area contributed by atoms with Crippen molar-refractivity contribution in [2.75, 3.05) is 26.2 Å². The molecule has 0 spiro atoms. The van der Waals surface area contributed by atoms with E-state index in [9.17, 15) is 8.42 Å². The smallest absolute Gasteiger partial charge is 0.252 e. The molecular weight excluding hydrogens is 330 g/mol. The molecule has 2 aromatic heterocycles. The number of aryl methyl sites for hydroxylation is 1. The fraction of sp³-hybridized carbons (Fsp3) is 0.438. The van der Waals surface area contributed by atoms with Gasteiger partial charge in [0.05, 0.1) is 0 Å². The lowest BCUT2D eigenvalue weighted by molar-refractivity contribution is 0.146. The molecule has 1 atom stereocenters. The highest BCUT2D eigenvalue weighted by atomic mass is 32.2. The Labute approximate surface area is 141 Å². The molecule has 3 rings (SSSR count). The average molecular weight is 351 g/mol. The van der Waals surface area contributed by atoms with Crippen molar-refractivity contribution in [3.63, 3.8) is 0 Å². The van der Waals surface area contributed by atoms with Crippen LogP contribution < -0.4 is 0 Å². The summed E-state index contributed by atoms with van der Waals surface area (Å²) in [7, 11) is -3.34. The summed E-state index contributed by atoms with van der Waals surface area (Å²) in [5.41, 5.74) is 1.16. The molecule has 3 heterocycles. The van der Waals surface area contributed by atoms with Gasteiger partial charge in [-0.15, -0.1) is 11.3 Å². The summed E-state index contributed by atoms with van der Waals surface area (Å²) < 4.78 is 27.4. The van der Waals surface area contributed by atoms with Gasteiger partial charge in [-0.1, -0.05) is 6.07 Å². The highest BCUT2D eigenvalue weighted by Crippen LogP contribution is 2.27. The molecule has 1 fully saturated rings. The zero-order valence-corrected chi connectivity index (χ0v) is 15.0. The number of pyridine rings is 1. The standard InChI is InChI=1S/C16H21N3O2S2/c1-13-5-6-16(22-13)23(20,21)19-10-8-18(9-11-19)14(2)15-4-3-7-17-12-15/h3-7,12,14H,8-11H2,1-2H3. The van der Waals surface area contributed by atoms with Gasteiger partial charge in [-0.25, -0.2) is 8.42 Å². The molecule has 1 aliphatic rings. The summed E-state index contributed by atoms with van der Waals surface area (Å²) in [5, 5.41) is 0. The maximum absolute atomic E-state index is 12.7. The normalized spacial score (nSPS) is 18.9. The Bertz CT molecular complexity index is 751. The number of nitrogens with zero attached hydrogens (tertiary/aromatic N) is 3. The van der Waals surface area contributed by atoms with E-state index in [0.717, 1.165) is 23.5 Å². The summed E-state index contributed by atoms with van der Waals surface area (Å²) in [6.07, 6.45) is 3.64. The van der Waals surface area contributed by atoms with Gasteiger partial charge in [-0.05, 0) is 37.6 Å². The Balaban J connectivity index is 1.67. The van der Waals surface area contributed by atoms with Gasteiger partial charge in [0.25, 0.3) is 10.0 Å². The van der Waals surface area contributed by atoms with E-state index >= 15 is 0 Å². The largest absolute Gasteiger partial charge is 0.294 e. The van der Waals surface area contributed by atoms with Crippen molar-refractivity contribution in [1.29, 1.82) is 0 Å². The molecule has 0 amide bonds. The first-order valence-electron chi connectivity index (χ1n) is 7.69. The van der Waals surface area contributed by atoms with E-state index in [1.165, 1.54) is 11.3 Å². The van der Waals surface area contributed by atoms with Crippen molar-refractivity contribution in [2.45, 2.75) is 24.1 Å². The first kappa shape index (κ1) is 16.6. The van der Waals surface area contributed by atoms with Gasteiger partial charge >= 0.3 is 0 Å². The molecule has 0 saturated carbocycles. The second kappa shape index (κ2) is 6.68. The lowest BCUT2D eigenvalue weighted by Crippen LogP contribution is -2.49. The molecule has 1 unspecified atom stereocenters. The number of piperazine rings is 1. The van der Waals surface area contributed by atoms with Crippen molar-refractivity contribution in [3.05, 3.63) is 47.1 Å².